The Labute approximate surface area is 167 Å². The van der Waals surface area contributed by atoms with Gasteiger partial charge in [0.05, 0.1) is 0 Å². The number of fused-ring (bicyclic) bond motifs is 1. The zero-order chi connectivity index (χ0) is 18.6. The Kier molecular flexibility index (Phi) is 6.46. The van der Waals surface area contributed by atoms with E-state index in [1.54, 1.807) is 0 Å². The van der Waals surface area contributed by atoms with Gasteiger partial charge in [0.2, 0.25) is 0 Å². The van der Waals surface area contributed by atoms with E-state index >= 15 is 0 Å². The number of aliphatic hydroxyl groups excluding tert-OH is 1. The maximum Gasteiger partial charge on any atom is 0.0431 e. The first-order valence-corrected chi connectivity index (χ1v) is 11.3. The van der Waals surface area contributed by atoms with Crippen LogP contribution in [0.4, 0.5) is 0 Å². The molecule has 2 fully saturated rings. The van der Waals surface area contributed by atoms with Crippen LogP contribution in [0, 0.1) is 5.92 Å². The van der Waals surface area contributed by atoms with Crippen LogP contribution in [0.1, 0.15) is 24.1 Å². The number of piperidine rings is 1. The summed E-state index contributed by atoms with van der Waals surface area (Å²) in [6, 6.07) is 11.8. The van der Waals surface area contributed by atoms with Gasteiger partial charge in [-0.25, -0.2) is 0 Å². The Bertz CT molecular complexity index is 692. The van der Waals surface area contributed by atoms with Crippen LogP contribution in [-0.4, -0.2) is 78.8 Å². The van der Waals surface area contributed by atoms with Gasteiger partial charge in [0.15, 0.2) is 0 Å². The number of likely N-dealkylation sites (N-methyl/N-ethyl adjacent to an activating group) is 1. The normalized spacial score (nSPS) is 26.0. The largest absolute Gasteiger partial charge is 0.396 e. The molecule has 5 heteroatoms. The lowest BCUT2D eigenvalue weighted by Gasteiger charge is -2.46. The fourth-order valence-electron chi connectivity index (χ4n) is 4.85. The van der Waals surface area contributed by atoms with Gasteiger partial charge in [-0.1, -0.05) is 18.2 Å². The van der Waals surface area contributed by atoms with Crippen molar-refractivity contribution in [3.05, 3.63) is 35.2 Å². The van der Waals surface area contributed by atoms with Gasteiger partial charge in [0.1, 0.15) is 0 Å². The van der Waals surface area contributed by atoms with E-state index in [4.69, 9.17) is 0 Å². The molecular formula is C22H33N3OS. The summed E-state index contributed by atoms with van der Waals surface area (Å²) in [4.78, 5) is 9.31. The van der Waals surface area contributed by atoms with Crippen LogP contribution in [0.25, 0.3) is 10.1 Å². The quantitative estimate of drug-likeness (QED) is 0.825. The van der Waals surface area contributed by atoms with Gasteiger partial charge in [0.25, 0.3) is 0 Å². The Balaban J connectivity index is 1.40. The molecule has 2 aliphatic heterocycles. The molecule has 2 aromatic rings. The average Bonchev–Trinajstić information content (AvgIpc) is 3.09. The zero-order valence-electron chi connectivity index (χ0n) is 16.5. The van der Waals surface area contributed by atoms with Crippen molar-refractivity contribution < 1.29 is 5.11 Å². The lowest BCUT2D eigenvalue weighted by atomic mass is 9.86. The highest BCUT2D eigenvalue weighted by Gasteiger charge is 2.34. The van der Waals surface area contributed by atoms with Gasteiger partial charge in [0, 0.05) is 68.0 Å². The van der Waals surface area contributed by atoms with Gasteiger partial charge in [-0.3, -0.25) is 9.80 Å². The summed E-state index contributed by atoms with van der Waals surface area (Å²) in [6.45, 7) is 8.54. The first-order valence-electron chi connectivity index (χ1n) is 10.5. The summed E-state index contributed by atoms with van der Waals surface area (Å²) in [5, 5.41) is 10.8. The van der Waals surface area contributed by atoms with Crippen molar-refractivity contribution in [2.45, 2.75) is 31.8 Å². The number of hydrogen-bond donors (Lipinski definition) is 1. The molecule has 27 heavy (non-hydrogen) atoms. The topological polar surface area (TPSA) is 30.0 Å². The molecule has 0 unspecified atom stereocenters. The minimum Gasteiger partial charge on any atom is -0.396 e. The van der Waals surface area contributed by atoms with Crippen molar-refractivity contribution in [2.75, 3.05) is 52.9 Å². The fraction of sp³-hybridized carbons (Fsp3) is 0.636. The first kappa shape index (κ1) is 19.3. The predicted molar refractivity (Wildman–Crippen MR) is 114 cm³/mol. The molecule has 0 amide bonds. The Morgan fingerprint density at radius 2 is 1.93 bits per heavy atom. The highest BCUT2D eigenvalue weighted by molar-refractivity contribution is 7.19. The number of piperazine rings is 1. The predicted octanol–water partition coefficient (Wildman–Crippen LogP) is 3.11. The Morgan fingerprint density at radius 1 is 1.11 bits per heavy atom. The standard InChI is InChI=1S/C22H33N3OS/c1-23-10-12-25(13-11-23)21-8-9-24(16-19(21)6-4-14-26)17-20-15-18-5-2-3-7-22(18)27-20/h2-3,5,7,15,19,21,26H,4,6,8-14,16-17H2,1H3/t19-,21+/m1/s1. The summed E-state index contributed by atoms with van der Waals surface area (Å²) in [7, 11) is 2.23. The highest BCUT2D eigenvalue weighted by Crippen LogP contribution is 2.31. The first-order chi connectivity index (χ1) is 13.2. The van der Waals surface area contributed by atoms with Crippen LogP contribution in [0.2, 0.25) is 0 Å². The van der Waals surface area contributed by atoms with Crippen LogP contribution in [0.15, 0.2) is 30.3 Å². The summed E-state index contributed by atoms with van der Waals surface area (Å²) >= 11 is 1.94. The van der Waals surface area contributed by atoms with Gasteiger partial charge < -0.3 is 10.0 Å². The SMILES string of the molecule is CN1CCN([C@H]2CCN(Cc3cc4ccccc4s3)C[C@H]2CCCO)CC1. The van der Waals surface area contributed by atoms with Gasteiger partial charge in [-0.05, 0) is 49.7 Å². The maximum atomic E-state index is 9.38. The molecular weight excluding hydrogens is 354 g/mol. The number of likely N-dealkylation sites (tertiary alicyclic amines) is 1. The van der Waals surface area contributed by atoms with Gasteiger partial charge in [-0.15, -0.1) is 11.3 Å². The third-order valence-corrected chi connectivity index (χ3v) is 7.47. The Morgan fingerprint density at radius 3 is 2.70 bits per heavy atom. The number of rotatable bonds is 6. The second-order valence-corrected chi connectivity index (χ2v) is 9.48. The summed E-state index contributed by atoms with van der Waals surface area (Å²) in [5.74, 6) is 0.684. The monoisotopic (exact) mass is 387 g/mol. The molecule has 1 N–H and O–H groups in total. The summed E-state index contributed by atoms with van der Waals surface area (Å²) < 4.78 is 1.40. The molecule has 2 atom stereocenters. The maximum absolute atomic E-state index is 9.38. The van der Waals surface area contributed by atoms with E-state index in [9.17, 15) is 5.11 Å². The van der Waals surface area contributed by atoms with Crippen molar-refractivity contribution in [1.82, 2.24) is 14.7 Å². The van der Waals surface area contributed by atoms with Gasteiger partial charge >= 0.3 is 0 Å². The van der Waals surface area contributed by atoms with E-state index in [2.05, 4.69) is 52.1 Å². The molecule has 4 rings (SSSR count). The molecule has 3 heterocycles. The van der Waals surface area contributed by atoms with Crippen molar-refractivity contribution >= 4 is 21.4 Å². The van der Waals surface area contributed by atoms with Crippen molar-refractivity contribution in [3.63, 3.8) is 0 Å². The lowest BCUT2D eigenvalue weighted by molar-refractivity contribution is 0.0214. The van der Waals surface area contributed by atoms with Crippen LogP contribution < -0.4 is 0 Å². The molecule has 0 radical (unpaired) electrons. The van der Waals surface area contributed by atoms with Crippen LogP contribution in [0.3, 0.4) is 0 Å². The van der Waals surface area contributed by atoms with Crippen molar-refractivity contribution in [2.24, 2.45) is 5.92 Å². The van der Waals surface area contributed by atoms with E-state index in [0.29, 0.717) is 18.6 Å². The number of thiophene rings is 1. The number of nitrogens with zero attached hydrogens (tertiary/aromatic N) is 3. The second-order valence-electron chi connectivity index (χ2n) is 8.31. The van der Waals surface area contributed by atoms with Gasteiger partial charge in [-0.2, -0.15) is 0 Å². The minimum atomic E-state index is 0.322. The molecule has 148 valence electrons. The zero-order valence-corrected chi connectivity index (χ0v) is 17.3. The summed E-state index contributed by atoms with van der Waals surface area (Å²) in [6.07, 6.45) is 3.35. The molecule has 0 aliphatic carbocycles. The molecule has 0 saturated carbocycles. The van der Waals surface area contributed by atoms with E-state index < -0.39 is 0 Å². The second kappa shape index (κ2) is 9.01. The van der Waals surface area contributed by atoms with Crippen molar-refractivity contribution in [3.8, 4) is 0 Å². The van der Waals surface area contributed by atoms with Crippen LogP contribution in [0.5, 0.6) is 0 Å². The number of benzene rings is 1. The summed E-state index contributed by atoms with van der Waals surface area (Å²) in [5.41, 5.74) is 0. The molecule has 1 aromatic carbocycles. The Hall–Kier alpha value is -0.980. The smallest absolute Gasteiger partial charge is 0.0431 e. The van der Waals surface area contributed by atoms with E-state index in [1.165, 1.54) is 60.7 Å². The molecule has 2 aliphatic rings. The number of aliphatic hydroxyl groups is 1. The van der Waals surface area contributed by atoms with E-state index in [-0.39, 0.29) is 0 Å². The molecule has 4 nitrogen and oxygen atoms in total. The van der Waals surface area contributed by atoms with E-state index in [1.807, 2.05) is 11.3 Å². The number of hydrogen-bond acceptors (Lipinski definition) is 5. The average molecular weight is 388 g/mol. The van der Waals surface area contributed by atoms with Crippen molar-refractivity contribution in [1.29, 1.82) is 0 Å². The van der Waals surface area contributed by atoms with E-state index in [0.717, 1.165) is 19.4 Å². The third kappa shape index (κ3) is 4.72. The van der Waals surface area contributed by atoms with Crippen LogP contribution in [-0.2, 0) is 6.54 Å². The lowest BCUT2D eigenvalue weighted by Crippen LogP contribution is -2.56. The molecule has 2 saturated heterocycles. The fourth-order valence-corrected chi connectivity index (χ4v) is 5.95. The third-order valence-electron chi connectivity index (χ3n) is 6.37. The molecule has 0 spiro atoms. The highest BCUT2D eigenvalue weighted by atomic mass is 32.1. The molecule has 0 bridgehead atoms. The molecule has 1 aromatic heterocycles. The van der Waals surface area contributed by atoms with Crippen LogP contribution >= 0.6 is 11.3 Å². The minimum absolute atomic E-state index is 0.322.